The molecule has 0 aliphatic rings. The third-order valence-corrected chi connectivity index (χ3v) is 3.46. The molecule has 0 aromatic heterocycles. The standard InChI is InChI=1S/C19H14N6/c1-13(17-4-2-3-5-19(17)23)24-25-16-8-6-14(7-9-16)18(12-22)15(10-20)11-21/h2-9,25H,23H2,1H3/b24-13+. The lowest BCUT2D eigenvalue weighted by Crippen LogP contribution is -2.03. The minimum absolute atomic E-state index is 0.0493. The molecule has 25 heavy (non-hydrogen) atoms. The number of hydrogen-bond acceptors (Lipinski definition) is 6. The number of benzene rings is 2. The molecule has 6 nitrogen and oxygen atoms in total. The van der Waals surface area contributed by atoms with Gasteiger partial charge in [0.1, 0.15) is 23.8 Å². The van der Waals surface area contributed by atoms with E-state index >= 15 is 0 Å². The van der Waals surface area contributed by atoms with Crippen molar-refractivity contribution in [3.63, 3.8) is 0 Å². The van der Waals surface area contributed by atoms with Gasteiger partial charge in [0, 0.05) is 11.3 Å². The molecule has 0 saturated carbocycles. The van der Waals surface area contributed by atoms with E-state index in [1.165, 1.54) is 0 Å². The summed E-state index contributed by atoms with van der Waals surface area (Å²) in [6.45, 7) is 1.84. The Hall–Kier alpha value is -4.08. The molecule has 0 aliphatic carbocycles. The number of nitrogens with one attached hydrogen (secondary N) is 1. The molecule has 0 spiro atoms. The maximum absolute atomic E-state index is 9.15. The molecule has 0 radical (unpaired) electrons. The van der Waals surface area contributed by atoms with Gasteiger partial charge in [-0.2, -0.15) is 20.9 Å². The maximum Gasteiger partial charge on any atom is 0.148 e. The van der Waals surface area contributed by atoms with Crippen LogP contribution in [0.15, 0.2) is 59.2 Å². The van der Waals surface area contributed by atoms with Crippen LogP contribution < -0.4 is 11.2 Å². The highest BCUT2D eigenvalue weighted by Gasteiger charge is 2.08. The highest BCUT2D eigenvalue weighted by molar-refractivity contribution is 6.03. The van der Waals surface area contributed by atoms with Crippen molar-refractivity contribution in [2.75, 3.05) is 11.2 Å². The van der Waals surface area contributed by atoms with Crippen molar-refractivity contribution in [1.82, 2.24) is 0 Å². The molecule has 2 aromatic carbocycles. The van der Waals surface area contributed by atoms with Gasteiger partial charge >= 0.3 is 0 Å². The lowest BCUT2D eigenvalue weighted by molar-refractivity contribution is 1.32. The summed E-state index contributed by atoms with van der Waals surface area (Å²) in [5.41, 5.74) is 12.1. The first-order valence-corrected chi connectivity index (χ1v) is 7.31. The van der Waals surface area contributed by atoms with Crippen molar-refractivity contribution in [2.45, 2.75) is 6.92 Å². The van der Waals surface area contributed by atoms with Gasteiger partial charge in [-0.1, -0.05) is 30.3 Å². The number of hydrogen-bond donors (Lipinski definition) is 2. The van der Waals surface area contributed by atoms with E-state index in [4.69, 9.17) is 21.5 Å². The fourth-order valence-electron chi connectivity index (χ4n) is 2.15. The number of nitrogens with zero attached hydrogens (tertiary/aromatic N) is 4. The summed E-state index contributed by atoms with van der Waals surface area (Å²) in [6, 6.07) is 19.5. The normalized spacial score (nSPS) is 10.1. The fraction of sp³-hybridized carbons (Fsp3) is 0.0526. The van der Waals surface area contributed by atoms with Crippen molar-refractivity contribution in [3.8, 4) is 18.2 Å². The average molecular weight is 326 g/mol. The van der Waals surface area contributed by atoms with Gasteiger partial charge in [0.2, 0.25) is 0 Å². The van der Waals surface area contributed by atoms with E-state index in [0.717, 1.165) is 11.3 Å². The van der Waals surface area contributed by atoms with E-state index in [1.807, 2.05) is 31.2 Å². The SMILES string of the molecule is C/C(=N\Nc1ccc(C(C#N)=C(C#N)C#N)cc1)c1ccccc1N. The Morgan fingerprint density at radius 3 is 2.16 bits per heavy atom. The first-order valence-electron chi connectivity index (χ1n) is 7.31. The van der Waals surface area contributed by atoms with E-state index in [1.54, 1.807) is 42.5 Å². The first-order chi connectivity index (χ1) is 12.1. The van der Waals surface area contributed by atoms with Gasteiger partial charge in [0.15, 0.2) is 0 Å². The Morgan fingerprint density at radius 1 is 0.960 bits per heavy atom. The maximum atomic E-state index is 9.15. The van der Waals surface area contributed by atoms with E-state index in [-0.39, 0.29) is 11.1 Å². The Labute approximate surface area is 145 Å². The Morgan fingerprint density at radius 2 is 1.60 bits per heavy atom. The van der Waals surface area contributed by atoms with Crippen LogP contribution in [-0.2, 0) is 0 Å². The molecule has 0 bridgehead atoms. The predicted octanol–water partition coefficient (Wildman–Crippen LogP) is 3.43. The summed E-state index contributed by atoms with van der Waals surface area (Å²) in [5, 5.41) is 31.2. The van der Waals surface area contributed by atoms with E-state index in [0.29, 0.717) is 16.9 Å². The van der Waals surface area contributed by atoms with Crippen LogP contribution in [0.1, 0.15) is 18.1 Å². The number of rotatable bonds is 4. The van der Waals surface area contributed by atoms with E-state index in [9.17, 15) is 0 Å². The second kappa shape index (κ2) is 7.97. The molecule has 120 valence electrons. The molecule has 3 N–H and O–H groups in total. The largest absolute Gasteiger partial charge is 0.398 e. The van der Waals surface area contributed by atoms with Crippen LogP contribution in [0, 0.1) is 34.0 Å². The van der Waals surface area contributed by atoms with Crippen LogP contribution in [-0.4, -0.2) is 5.71 Å². The van der Waals surface area contributed by atoms with Gasteiger partial charge in [-0.3, -0.25) is 5.43 Å². The highest BCUT2D eigenvalue weighted by atomic mass is 15.3. The number of hydrazone groups is 1. The number of allylic oxidation sites excluding steroid dienone is 2. The summed E-state index contributed by atoms with van der Waals surface area (Å²) in [6.07, 6.45) is 0. The first kappa shape index (κ1) is 17.3. The number of nitriles is 3. The molecule has 6 heteroatoms. The van der Waals surface area contributed by atoms with E-state index in [2.05, 4.69) is 10.5 Å². The van der Waals surface area contributed by atoms with Crippen molar-refractivity contribution < 1.29 is 0 Å². The highest BCUT2D eigenvalue weighted by Crippen LogP contribution is 2.20. The van der Waals surface area contributed by atoms with Crippen molar-refractivity contribution in [1.29, 1.82) is 15.8 Å². The van der Waals surface area contributed by atoms with Gasteiger partial charge in [0.05, 0.1) is 17.0 Å². The molecular weight excluding hydrogens is 312 g/mol. The second-order valence-corrected chi connectivity index (χ2v) is 5.06. The lowest BCUT2D eigenvalue weighted by Gasteiger charge is -2.07. The predicted molar refractivity (Wildman–Crippen MR) is 96.9 cm³/mol. The summed E-state index contributed by atoms with van der Waals surface area (Å²) in [4.78, 5) is 0. The molecule has 0 heterocycles. The lowest BCUT2D eigenvalue weighted by atomic mass is 10.0. The number of anilines is 2. The molecule has 0 atom stereocenters. The molecule has 2 rings (SSSR count). The van der Waals surface area contributed by atoms with Crippen LogP contribution in [0.5, 0.6) is 0 Å². The summed E-state index contributed by atoms with van der Waals surface area (Å²) >= 11 is 0. The average Bonchev–Trinajstić information content (AvgIpc) is 2.65. The van der Waals surface area contributed by atoms with Crippen LogP contribution >= 0.6 is 0 Å². The van der Waals surface area contributed by atoms with Gasteiger partial charge < -0.3 is 5.73 Å². The van der Waals surface area contributed by atoms with Crippen LogP contribution in [0.2, 0.25) is 0 Å². The zero-order chi connectivity index (χ0) is 18.2. The topological polar surface area (TPSA) is 122 Å². The van der Waals surface area contributed by atoms with Crippen molar-refractivity contribution in [3.05, 3.63) is 65.2 Å². The van der Waals surface area contributed by atoms with Crippen molar-refractivity contribution >= 4 is 22.7 Å². The minimum Gasteiger partial charge on any atom is -0.398 e. The molecule has 0 saturated heterocycles. The van der Waals surface area contributed by atoms with Crippen molar-refractivity contribution in [2.24, 2.45) is 5.10 Å². The Bertz CT molecular complexity index is 947. The Balaban J connectivity index is 2.22. The van der Waals surface area contributed by atoms with Gasteiger partial charge in [-0.05, 0) is 30.7 Å². The fourth-order valence-corrected chi connectivity index (χ4v) is 2.15. The zero-order valence-corrected chi connectivity index (χ0v) is 13.5. The van der Waals surface area contributed by atoms with Gasteiger partial charge in [0.25, 0.3) is 0 Å². The van der Waals surface area contributed by atoms with Crippen LogP contribution in [0.25, 0.3) is 5.57 Å². The number of nitrogen functional groups attached to an aromatic ring is 1. The quantitative estimate of drug-likeness (QED) is 0.386. The molecule has 2 aromatic rings. The zero-order valence-electron chi connectivity index (χ0n) is 13.5. The monoisotopic (exact) mass is 326 g/mol. The molecule has 0 aliphatic heterocycles. The van der Waals surface area contributed by atoms with Gasteiger partial charge in [-0.15, -0.1) is 0 Å². The summed E-state index contributed by atoms with van der Waals surface area (Å²) in [7, 11) is 0. The number of para-hydroxylation sites is 1. The molecular formula is C19H14N6. The van der Waals surface area contributed by atoms with E-state index < -0.39 is 0 Å². The molecule has 0 unspecified atom stereocenters. The molecule has 0 fully saturated rings. The van der Waals surface area contributed by atoms with Gasteiger partial charge in [-0.25, -0.2) is 0 Å². The smallest absolute Gasteiger partial charge is 0.148 e. The third kappa shape index (κ3) is 4.01. The summed E-state index contributed by atoms with van der Waals surface area (Å²) in [5.74, 6) is 0. The molecule has 0 amide bonds. The minimum atomic E-state index is -0.211. The number of nitrogens with two attached hydrogens (primary N) is 1. The third-order valence-electron chi connectivity index (χ3n) is 3.46. The second-order valence-electron chi connectivity index (χ2n) is 5.06. The Kier molecular flexibility index (Phi) is 5.50. The van der Waals surface area contributed by atoms with Crippen LogP contribution in [0.4, 0.5) is 11.4 Å². The van der Waals surface area contributed by atoms with Crippen LogP contribution in [0.3, 0.4) is 0 Å². The summed E-state index contributed by atoms with van der Waals surface area (Å²) < 4.78 is 0.